The predicted octanol–water partition coefficient (Wildman–Crippen LogP) is 2.58. The van der Waals surface area contributed by atoms with Crippen LogP contribution in [0.15, 0.2) is 48.5 Å². The Morgan fingerprint density at radius 2 is 1.80 bits per heavy atom. The van der Waals surface area contributed by atoms with Gasteiger partial charge in [0.05, 0.1) is 32.8 Å². The molecule has 5 nitrogen and oxygen atoms in total. The van der Waals surface area contributed by atoms with Gasteiger partial charge in [0, 0.05) is 6.54 Å². The van der Waals surface area contributed by atoms with E-state index in [-0.39, 0.29) is 18.4 Å². The lowest BCUT2D eigenvalue weighted by molar-refractivity contribution is -0.131. The lowest BCUT2D eigenvalue weighted by atomic mass is 10.0. The van der Waals surface area contributed by atoms with Gasteiger partial charge < -0.3 is 19.5 Å². The van der Waals surface area contributed by atoms with Crippen LogP contribution in [-0.2, 0) is 11.2 Å². The Morgan fingerprint density at radius 1 is 1.12 bits per heavy atom. The first-order chi connectivity index (χ1) is 12.1. The van der Waals surface area contributed by atoms with Crippen molar-refractivity contribution in [2.75, 3.05) is 20.8 Å². The molecule has 0 saturated carbocycles. The molecule has 132 valence electrons. The van der Waals surface area contributed by atoms with E-state index in [2.05, 4.69) is 0 Å². The average Bonchev–Trinajstić information content (AvgIpc) is 3.04. The van der Waals surface area contributed by atoms with Gasteiger partial charge >= 0.3 is 0 Å². The quantitative estimate of drug-likeness (QED) is 0.908. The fraction of sp³-hybridized carbons (Fsp3) is 0.350. The third-order valence-electron chi connectivity index (χ3n) is 4.57. The summed E-state index contributed by atoms with van der Waals surface area (Å²) >= 11 is 0. The van der Waals surface area contributed by atoms with E-state index in [0.29, 0.717) is 13.0 Å². The summed E-state index contributed by atoms with van der Waals surface area (Å²) in [5, 5.41) is 10.1. The number of carbonyl (C=O) groups excluding carboxylic acids is 1. The molecule has 0 bridgehead atoms. The molecule has 1 amide bonds. The number of amides is 1. The van der Waals surface area contributed by atoms with Gasteiger partial charge in [-0.3, -0.25) is 4.79 Å². The Balaban J connectivity index is 1.79. The molecule has 3 rings (SSSR count). The Kier molecular flexibility index (Phi) is 5.24. The summed E-state index contributed by atoms with van der Waals surface area (Å²) in [6, 6.07) is 15.0. The highest BCUT2D eigenvalue weighted by Crippen LogP contribution is 2.34. The Bertz CT molecular complexity index is 746. The maximum atomic E-state index is 12.8. The van der Waals surface area contributed by atoms with Crippen molar-refractivity contribution in [3.63, 3.8) is 0 Å². The van der Waals surface area contributed by atoms with Crippen LogP contribution in [0.25, 0.3) is 0 Å². The highest BCUT2D eigenvalue weighted by Gasteiger charge is 2.35. The minimum absolute atomic E-state index is 0.00220. The molecule has 0 radical (unpaired) electrons. The predicted molar refractivity (Wildman–Crippen MR) is 94.8 cm³/mol. The van der Waals surface area contributed by atoms with E-state index in [1.807, 2.05) is 48.5 Å². The molecule has 2 aromatic carbocycles. The third-order valence-corrected chi connectivity index (χ3v) is 4.57. The van der Waals surface area contributed by atoms with E-state index in [0.717, 1.165) is 22.6 Å². The summed E-state index contributed by atoms with van der Waals surface area (Å²) in [5.41, 5.74) is 1.88. The van der Waals surface area contributed by atoms with Crippen LogP contribution < -0.4 is 9.47 Å². The van der Waals surface area contributed by atoms with Crippen molar-refractivity contribution < 1.29 is 19.4 Å². The fourth-order valence-electron chi connectivity index (χ4n) is 3.31. The summed E-state index contributed by atoms with van der Waals surface area (Å²) in [4.78, 5) is 14.6. The van der Waals surface area contributed by atoms with Crippen LogP contribution in [0, 0.1) is 0 Å². The smallest absolute Gasteiger partial charge is 0.227 e. The number of aliphatic hydroxyl groups is 1. The van der Waals surface area contributed by atoms with Crippen molar-refractivity contribution in [2.45, 2.75) is 25.0 Å². The van der Waals surface area contributed by atoms with Crippen molar-refractivity contribution >= 4 is 5.91 Å². The lowest BCUT2D eigenvalue weighted by Gasteiger charge is -2.25. The van der Waals surface area contributed by atoms with Gasteiger partial charge in [-0.05, 0) is 41.8 Å². The van der Waals surface area contributed by atoms with Crippen molar-refractivity contribution in [2.24, 2.45) is 0 Å². The minimum Gasteiger partial charge on any atom is -0.497 e. The number of likely N-dealkylation sites (tertiary alicyclic amines) is 1. The number of ether oxygens (including phenoxy) is 2. The van der Waals surface area contributed by atoms with E-state index in [4.69, 9.17) is 9.47 Å². The molecule has 1 saturated heterocycles. The maximum absolute atomic E-state index is 12.8. The van der Waals surface area contributed by atoms with E-state index in [1.165, 1.54) is 0 Å². The fourth-order valence-corrected chi connectivity index (χ4v) is 3.31. The molecule has 1 aliphatic rings. The maximum Gasteiger partial charge on any atom is 0.227 e. The summed E-state index contributed by atoms with van der Waals surface area (Å²) in [5.74, 6) is 1.48. The molecule has 2 aromatic rings. The molecule has 0 spiro atoms. The van der Waals surface area contributed by atoms with Crippen LogP contribution in [0.1, 0.15) is 23.6 Å². The highest BCUT2D eigenvalue weighted by atomic mass is 16.5. The van der Waals surface area contributed by atoms with Gasteiger partial charge in [-0.1, -0.05) is 24.3 Å². The second-order valence-corrected chi connectivity index (χ2v) is 6.26. The normalized spacial score (nSPS) is 19.7. The molecule has 1 aliphatic heterocycles. The molecule has 2 atom stereocenters. The lowest BCUT2D eigenvalue weighted by Crippen LogP contribution is -2.33. The van der Waals surface area contributed by atoms with Crippen LogP contribution in [0.4, 0.5) is 0 Å². The summed E-state index contributed by atoms with van der Waals surface area (Å²) < 4.78 is 10.5. The Labute approximate surface area is 147 Å². The molecule has 1 N–H and O–H groups in total. The van der Waals surface area contributed by atoms with Gasteiger partial charge in [0.15, 0.2) is 0 Å². The molecule has 1 fully saturated rings. The molecule has 0 unspecified atom stereocenters. The molecule has 0 aromatic heterocycles. The van der Waals surface area contributed by atoms with Crippen LogP contribution in [0.2, 0.25) is 0 Å². The third kappa shape index (κ3) is 3.94. The average molecular weight is 341 g/mol. The summed E-state index contributed by atoms with van der Waals surface area (Å²) in [7, 11) is 3.23. The second kappa shape index (κ2) is 7.57. The SMILES string of the molecule is COc1cccc(CC(=O)N2C[C@@H](O)C[C@@H]2c2cccc(OC)c2)c1. The number of rotatable bonds is 5. The standard InChI is InChI=1S/C20H23NO4/c1-24-17-7-3-5-14(9-17)10-20(23)21-13-16(22)12-19(21)15-6-4-8-18(11-15)25-2/h3-9,11,16,19,22H,10,12-13H2,1-2H3/t16-,19+/m0/s1. The van der Waals surface area contributed by atoms with Crippen LogP contribution in [0.5, 0.6) is 11.5 Å². The number of carbonyl (C=O) groups is 1. The molecular formula is C20H23NO4. The number of aliphatic hydroxyl groups excluding tert-OH is 1. The molecule has 5 heteroatoms. The van der Waals surface area contributed by atoms with Gasteiger partial charge in [-0.15, -0.1) is 0 Å². The number of benzene rings is 2. The first kappa shape index (κ1) is 17.3. The first-order valence-electron chi connectivity index (χ1n) is 8.35. The molecule has 25 heavy (non-hydrogen) atoms. The van der Waals surface area contributed by atoms with Crippen molar-refractivity contribution in [3.8, 4) is 11.5 Å². The van der Waals surface area contributed by atoms with Crippen molar-refractivity contribution in [1.82, 2.24) is 4.90 Å². The van der Waals surface area contributed by atoms with Crippen LogP contribution >= 0.6 is 0 Å². The number of hydrogen-bond acceptors (Lipinski definition) is 4. The van der Waals surface area contributed by atoms with Crippen molar-refractivity contribution in [3.05, 3.63) is 59.7 Å². The number of β-amino-alcohol motifs (C(OH)–C–C–N with tert-alkyl or cyclic N) is 1. The highest BCUT2D eigenvalue weighted by molar-refractivity contribution is 5.79. The summed E-state index contributed by atoms with van der Waals surface area (Å²) in [6.07, 6.45) is 0.312. The zero-order valence-electron chi connectivity index (χ0n) is 14.5. The second-order valence-electron chi connectivity index (χ2n) is 6.26. The van der Waals surface area contributed by atoms with Gasteiger partial charge in [0.2, 0.25) is 5.91 Å². The number of nitrogens with zero attached hydrogens (tertiary/aromatic N) is 1. The van der Waals surface area contributed by atoms with E-state index < -0.39 is 6.10 Å². The van der Waals surface area contributed by atoms with Gasteiger partial charge in [-0.25, -0.2) is 0 Å². The molecular weight excluding hydrogens is 318 g/mol. The Hall–Kier alpha value is -2.53. The van der Waals surface area contributed by atoms with Crippen molar-refractivity contribution in [1.29, 1.82) is 0 Å². The minimum atomic E-state index is -0.509. The largest absolute Gasteiger partial charge is 0.497 e. The zero-order valence-corrected chi connectivity index (χ0v) is 14.5. The van der Waals surface area contributed by atoms with Crippen LogP contribution in [0.3, 0.4) is 0 Å². The molecule has 0 aliphatic carbocycles. The van der Waals surface area contributed by atoms with Gasteiger partial charge in [0.1, 0.15) is 11.5 Å². The number of hydrogen-bond donors (Lipinski definition) is 1. The van der Waals surface area contributed by atoms with E-state index in [1.54, 1.807) is 19.1 Å². The van der Waals surface area contributed by atoms with Gasteiger partial charge in [0.25, 0.3) is 0 Å². The first-order valence-corrected chi connectivity index (χ1v) is 8.35. The number of methoxy groups -OCH3 is 2. The summed E-state index contributed by atoms with van der Waals surface area (Å²) in [6.45, 7) is 0.352. The monoisotopic (exact) mass is 341 g/mol. The van der Waals surface area contributed by atoms with Gasteiger partial charge in [-0.2, -0.15) is 0 Å². The molecule has 1 heterocycles. The topological polar surface area (TPSA) is 59.0 Å². The van der Waals surface area contributed by atoms with E-state index in [9.17, 15) is 9.90 Å². The van der Waals surface area contributed by atoms with E-state index >= 15 is 0 Å². The zero-order chi connectivity index (χ0) is 17.8. The van der Waals surface area contributed by atoms with Crippen LogP contribution in [-0.4, -0.2) is 42.8 Å². The Morgan fingerprint density at radius 3 is 2.52 bits per heavy atom.